The van der Waals surface area contributed by atoms with Gasteiger partial charge in [0.05, 0.1) is 12.1 Å². The zero-order valence-electron chi connectivity index (χ0n) is 11.9. The first-order valence-corrected chi connectivity index (χ1v) is 7.35. The number of hydrogen-bond donors (Lipinski definition) is 1. The quantitative estimate of drug-likeness (QED) is 0.918. The molecule has 1 aliphatic rings. The lowest BCUT2D eigenvalue weighted by Gasteiger charge is -2.38. The molecule has 0 bridgehead atoms. The number of hydrogen-bond acceptors (Lipinski definition) is 3. The van der Waals surface area contributed by atoms with Crippen molar-refractivity contribution in [2.45, 2.75) is 26.3 Å². The molecule has 1 aromatic carbocycles. The van der Waals surface area contributed by atoms with Crippen LogP contribution in [-0.4, -0.2) is 32.8 Å². The molecule has 106 valence electrons. The summed E-state index contributed by atoms with van der Waals surface area (Å²) in [5, 5.41) is 4.29. The molecular weight excluding hydrogens is 260 g/mol. The Bertz CT molecular complexity index is 425. The third-order valence-corrected chi connectivity index (χ3v) is 4.33. The van der Waals surface area contributed by atoms with Crippen LogP contribution in [0.5, 0.6) is 5.75 Å². The van der Waals surface area contributed by atoms with Crippen molar-refractivity contribution in [2.75, 3.05) is 31.6 Å². The van der Waals surface area contributed by atoms with E-state index >= 15 is 0 Å². The van der Waals surface area contributed by atoms with Crippen LogP contribution in [0.15, 0.2) is 18.2 Å². The number of ether oxygens (including phenoxy) is 1. The van der Waals surface area contributed by atoms with Crippen LogP contribution < -0.4 is 15.0 Å². The first-order chi connectivity index (χ1) is 9.15. The predicted octanol–water partition coefficient (Wildman–Crippen LogP) is 3.17. The van der Waals surface area contributed by atoms with E-state index in [1.165, 1.54) is 12.1 Å². The highest BCUT2D eigenvalue weighted by atomic mass is 35.5. The first kappa shape index (κ1) is 14.5. The van der Waals surface area contributed by atoms with Crippen molar-refractivity contribution in [3.63, 3.8) is 0 Å². The molecule has 1 saturated heterocycles. The van der Waals surface area contributed by atoms with Gasteiger partial charge in [-0.3, -0.25) is 0 Å². The van der Waals surface area contributed by atoms with Gasteiger partial charge in [-0.15, -0.1) is 0 Å². The van der Waals surface area contributed by atoms with Crippen molar-refractivity contribution in [3.8, 4) is 5.75 Å². The molecule has 2 unspecified atom stereocenters. The van der Waals surface area contributed by atoms with E-state index in [-0.39, 0.29) is 0 Å². The number of anilines is 1. The molecule has 0 spiro atoms. The van der Waals surface area contributed by atoms with Crippen molar-refractivity contribution in [1.82, 2.24) is 5.32 Å². The maximum Gasteiger partial charge on any atom is 0.137 e. The molecule has 4 heteroatoms. The Balaban J connectivity index is 2.11. The fourth-order valence-corrected chi connectivity index (χ4v) is 2.78. The molecule has 0 aliphatic carbocycles. The second-order valence-electron chi connectivity index (χ2n) is 5.21. The average Bonchev–Trinajstić information content (AvgIpc) is 2.46. The number of halogens is 1. The molecule has 1 N–H and O–H groups in total. The Morgan fingerprint density at radius 3 is 2.95 bits per heavy atom. The minimum Gasteiger partial charge on any atom is -0.495 e. The highest BCUT2D eigenvalue weighted by molar-refractivity contribution is 6.32. The lowest BCUT2D eigenvalue weighted by atomic mass is 9.97. The maximum atomic E-state index is 6.21. The van der Waals surface area contributed by atoms with Gasteiger partial charge >= 0.3 is 0 Å². The van der Waals surface area contributed by atoms with E-state index in [0.29, 0.717) is 17.0 Å². The Morgan fingerprint density at radius 1 is 1.53 bits per heavy atom. The van der Waals surface area contributed by atoms with Gasteiger partial charge in [0, 0.05) is 31.4 Å². The fraction of sp³-hybridized carbons (Fsp3) is 0.600. The zero-order chi connectivity index (χ0) is 13.8. The summed E-state index contributed by atoms with van der Waals surface area (Å²) in [6.07, 6.45) is 1.20. The number of piperazine rings is 1. The SMILES string of the molecule is CCC(C)C1CN(c2ccc(OC)c(Cl)c2)CCN1. The third kappa shape index (κ3) is 3.34. The van der Waals surface area contributed by atoms with Gasteiger partial charge in [0.15, 0.2) is 0 Å². The summed E-state index contributed by atoms with van der Waals surface area (Å²) >= 11 is 6.21. The minimum absolute atomic E-state index is 0.555. The van der Waals surface area contributed by atoms with Gasteiger partial charge in [-0.1, -0.05) is 31.9 Å². The van der Waals surface area contributed by atoms with Crippen molar-refractivity contribution >= 4 is 17.3 Å². The van der Waals surface area contributed by atoms with Crippen molar-refractivity contribution < 1.29 is 4.74 Å². The van der Waals surface area contributed by atoms with E-state index in [1.807, 2.05) is 12.1 Å². The molecule has 1 aromatic rings. The van der Waals surface area contributed by atoms with Crippen molar-refractivity contribution in [1.29, 1.82) is 0 Å². The van der Waals surface area contributed by atoms with Crippen LogP contribution in [0.25, 0.3) is 0 Å². The smallest absolute Gasteiger partial charge is 0.137 e. The second-order valence-corrected chi connectivity index (χ2v) is 5.62. The second kappa shape index (κ2) is 6.49. The van der Waals surface area contributed by atoms with E-state index < -0.39 is 0 Å². The summed E-state index contributed by atoms with van der Waals surface area (Å²) in [4.78, 5) is 2.40. The number of benzene rings is 1. The normalized spacial score (nSPS) is 21.3. The largest absolute Gasteiger partial charge is 0.495 e. The molecule has 1 heterocycles. The summed E-state index contributed by atoms with van der Waals surface area (Å²) in [5.41, 5.74) is 1.18. The first-order valence-electron chi connectivity index (χ1n) is 6.97. The maximum absolute atomic E-state index is 6.21. The Labute approximate surface area is 120 Å². The summed E-state index contributed by atoms with van der Waals surface area (Å²) in [5.74, 6) is 1.43. The van der Waals surface area contributed by atoms with E-state index in [4.69, 9.17) is 16.3 Å². The van der Waals surface area contributed by atoms with Gasteiger partial charge in [-0.25, -0.2) is 0 Å². The molecule has 19 heavy (non-hydrogen) atoms. The van der Waals surface area contributed by atoms with Gasteiger partial charge in [0.1, 0.15) is 5.75 Å². The van der Waals surface area contributed by atoms with Crippen LogP contribution in [0.3, 0.4) is 0 Å². The monoisotopic (exact) mass is 282 g/mol. The number of rotatable bonds is 4. The molecule has 0 amide bonds. The predicted molar refractivity (Wildman–Crippen MR) is 81.5 cm³/mol. The number of nitrogens with zero attached hydrogens (tertiary/aromatic N) is 1. The molecule has 2 atom stereocenters. The minimum atomic E-state index is 0.555. The molecule has 3 nitrogen and oxygen atoms in total. The van der Waals surface area contributed by atoms with Gasteiger partial charge in [-0.2, -0.15) is 0 Å². The summed E-state index contributed by atoms with van der Waals surface area (Å²) in [6, 6.07) is 6.58. The van der Waals surface area contributed by atoms with Crippen LogP contribution in [-0.2, 0) is 0 Å². The van der Waals surface area contributed by atoms with Gasteiger partial charge in [0.2, 0.25) is 0 Å². The summed E-state index contributed by atoms with van der Waals surface area (Å²) in [7, 11) is 1.64. The standard InChI is InChI=1S/C15H23ClN2O/c1-4-11(2)14-10-18(8-7-17-14)12-5-6-15(19-3)13(16)9-12/h5-6,9,11,14,17H,4,7-8,10H2,1-3H3. The van der Waals surface area contributed by atoms with E-state index in [2.05, 4.69) is 30.1 Å². The summed E-state index contributed by atoms with van der Waals surface area (Å²) in [6.45, 7) is 7.64. The average molecular weight is 283 g/mol. The van der Waals surface area contributed by atoms with E-state index in [0.717, 1.165) is 25.4 Å². The van der Waals surface area contributed by atoms with Gasteiger partial charge in [-0.05, 0) is 24.1 Å². The van der Waals surface area contributed by atoms with Gasteiger partial charge in [0.25, 0.3) is 0 Å². The molecular formula is C15H23ClN2O. The van der Waals surface area contributed by atoms with E-state index in [1.54, 1.807) is 7.11 Å². The lowest BCUT2D eigenvalue weighted by Crippen LogP contribution is -2.53. The van der Waals surface area contributed by atoms with Crippen LogP contribution >= 0.6 is 11.6 Å². The van der Waals surface area contributed by atoms with Gasteiger partial charge < -0.3 is 15.0 Å². The topological polar surface area (TPSA) is 24.5 Å². The van der Waals surface area contributed by atoms with E-state index in [9.17, 15) is 0 Å². The fourth-order valence-electron chi connectivity index (χ4n) is 2.53. The Morgan fingerprint density at radius 2 is 2.32 bits per heavy atom. The highest BCUT2D eigenvalue weighted by Gasteiger charge is 2.23. The molecule has 1 aliphatic heterocycles. The van der Waals surface area contributed by atoms with Crippen LogP contribution in [0.2, 0.25) is 5.02 Å². The molecule has 0 saturated carbocycles. The summed E-state index contributed by atoms with van der Waals surface area (Å²) < 4.78 is 5.20. The lowest BCUT2D eigenvalue weighted by molar-refractivity contribution is 0.342. The molecule has 0 aromatic heterocycles. The Hall–Kier alpha value is -0.930. The molecule has 0 radical (unpaired) electrons. The third-order valence-electron chi connectivity index (χ3n) is 4.04. The molecule has 1 fully saturated rings. The zero-order valence-corrected chi connectivity index (χ0v) is 12.7. The number of nitrogens with one attached hydrogen (secondary N) is 1. The molecule has 2 rings (SSSR count). The number of methoxy groups -OCH3 is 1. The van der Waals surface area contributed by atoms with Crippen molar-refractivity contribution in [3.05, 3.63) is 23.2 Å². The Kier molecular flexibility index (Phi) is 4.94. The highest BCUT2D eigenvalue weighted by Crippen LogP contribution is 2.30. The van der Waals surface area contributed by atoms with Crippen LogP contribution in [0.4, 0.5) is 5.69 Å². The van der Waals surface area contributed by atoms with Crippen LogP contribution in [0, 0.1) is 5.92 Å². The van der Waals surface area contributed by atoms with Crippen LogP contribution in [0.1, 0.15) is 20.3 Å². The van der Waals surface area contributed by atoms with Crippen molar-refractivity contribution in [2.24, 2.45) is 5.92 Å².